The maximum Gasteiger partial charge on any atom is 0.0594 e. The Hall–Kier alpha value is -0.160. The Bertz CT molecular complexity index is 210. The summed E-state index contributed by atoms with van der Waals surface area (Å²) in [5, 5.41) is 0. The fourth-order valence-electron chi connectivity index (χ4n) is 2.19. The van der Waals surface area contributed by atoms with Crippen molar-refractivity contribution in [2.75, 3.05) is 52.7 Å². The van der Waals surface area contributed by atoms with Gasteiger partial charge in [-0.15, -0.1) is 0 Å². The van der Waals surface area contributed by atoms with Gasteiger partial charge in [0, 0.05) is 19.6 Å². The van der Waals surface area contributed by atoms with Crippen molar-refractivity contribution in [2.45, 2.75) is 20.0 Å². The maximum atomic E-state index is 5.75. The van der Waals surface area contributed by atoms with Gasteiger partial charge in [0.25, 0.3) is 0 Å². The minimum atomic E-state index is 0.238. The molecule has 4 heteroatoms. The van der Waals surface area contributed by atoms with E-state index in [0.717, 1.165) is 52.7 Å². The van der Waals surface area contributed by atoms with E-state index < -0.39 is 0 Å². The molecule has 0 aromatic heterocycles. The number of morpholine rings is 1. The van der Waals surface area contributed by atoms with E-state index in [1.54, 1.807) is 0 Å². The van der Waals surface area contributed by atoms with Gasteiger partial charge in [0.2, 0.25) is 0 Å². The molecular weight excluding hydrogens is 206 g/mol. The van der Waals surface area contributed by atoms with Crippen LogP contribution >= 0.6 is 0 Å². The van der Waals surface area contributed by atoms with E-state index in [4.69, 9.17) is 14.2 Å². The molecule has 2 aliphatic rings. The van der Waals surface area contributed by atoms with Gasteiger partial charge in [0.1, 0.15) is 0 Å². The lowest BCUT2D eigenvalue weighted by Gasteiger charge is -2.45. The minimum Gasteiger partial charge on any atom is -0.380 e. The quantitative estimate of drug-likeness (QED) is 0.696. The first-order chi connectivity index (χ1) is 7.70. The molecule has 2 fully saturated rings. The minimum absolute atomic E-state index is 0.238. The van der Waals surface area contributed by atoms with Crippen LogP contribution < -0.4 is 0 Å². The summed E-state index contributed by atoms with van der Waals surface area (Å²) in [5.41, 5.74) is 0.238. The van der Waals surface area contributed by atoms with Crippen molar-refractivity contribution in [3.8, 4) is 0 Å². The first-order valence-corrected chi connectivity index (χ1v) is 6.20. The molecule has 0 aromatic carbocycles. The van der Waals surface area contributed by atoms with Crippen LogP contribution in [0.15, 0.2) is 0 Å². The summed E-state index contributed by atoms with van der Waals surface area (Å²) in [6.07, 6.45) is 0.308. The second-order valence-corrected chi connectivity index (χ2v) is 5.24. The number of ether oxygens (including phenoxy) is 3. The normalized spacial score (nSPS) is 25.7. The van der Waals surface area contributed by atoms with Gasteiger partial charge in [0.15, 0.2) is 0 Å². The van der Waals surface area contributed by atoms with Crippen molar-refractivity contribution in [2.24, 2.45) is 5.41 Å². The Morgan fingerprint density at radius 3 is 2.38 bits per heavy atom. The summed E-state index contributed by atoms with van der Waals surface area (Å²) >= 11 is 0. The molecule has 0 aromatic rings. The molecule has 4 nitrogen and oxygen atoms in total. The molecule has 94 valence electrons. The van der Waals surface area contributed by atoms with Crippen LogP contribution in [0.5, 0.6) is 0 Å². The zero-order chi connectivity index (χ0) is 11.4. The Balaban J connectivity index is 1.78. The van der Waals surface area contributed by atoms with E-state index in [9.17, 15) is 0 Å². The highest BCUT2D eigenvalue weighted by atomic mass is 16.5. The lowest BCUT2D eigenvalue weighted by Crippen LogP contribution is -2.55. The molecule has 0 radical (unpaired) electrons. The van der Waals surface area contributed by atoms with E-state index in [-0.39, 0.29) is 5.41 Å². The molecule has 0 bridgehead atoms. The van der Waals surface area contributed by atoms with Gasteiger partial charge < -0.3 is 14.2 Å². The molecule has 2 saturated heterocycles. The molecule has 2 aliphatic heterocycles. The van der Waals surface area contributed by atoms with Crippen LogP contribution in [0.4, 0.5) is 0 Å². The number of hydrogen-bond donors (Lipinski definition) is 0. The number of hydrogen-bond acceptors (Lipinski definition) is 4. The zero-order valence-corrected chi connectivity index (χ0v) is 10.4. The van der Waals surface area contributed by atoms with E-state index in [1.165, 1.54) is 0 Å². The molecule has 0 atom stereocenters. The standard InChI is InChI=1S/C12H23NO3/c1-11(2)16-10-12(8-15-9-12)7-13-3-5-14-6-4-13/h11H,3-10H2,1-2H3. The number of rotatable bonds is 5. The molecule has 0 unspecified atom stereocenters. The van der Waals surface area contributed by atoms with Crippen molar-refractivity contribution >= 4 is 0 Å². The SMILES string of the molecule is CC(C)OCC1(CN2CCOCC2)COC1. The van der Waals surface area contributed by atoms with E-state index in [0.29, 0.717) is 6.10 Å². The van der Waals surface area contributed by atoms with Gasteiger partial charge in [-0.2, -0.15) is 0 Å². The molecule has 2 rings (SSSR count). The average Bonchev–Trinajstić information content (AvgIpc) is 2.23. The van der Waals surface area contributed by atoms with Crippen LogP contribution in [0.1, 0.15) is 13.8 Å². The van der Waals surface area contributed by atoms with Crippen molar-refractivity contribution in [3.05, 3.63) is 0 Å². The van der Waals surface area contributed by atoms with E-state index in [1.807, 2.05) is 0 Å². The van der Waals surface area contributed by atoms with Gasteiger partial charge in [-0.05, 0) is 13.8 Å². The predicted octanol–water partition coefficient (Wildman–Crippen LogP) is 0.760. The first-order valence-electron chi connectivity index (χ1n) is 6.20. The van der Waals surface area contributed by atoms with Gasteiger partial charge in [-0.3, -0.25) is 4.90 Å². The molecule has 16 heavy (non-hydrogen) atoms. The lowest BCUT2D eigenvalue weighted by molar-refractivity contribution is -0.169. The molecule has 0 aliphatic carbocycles. The van der Waals surface area contributed by atoms with Gasteiger partial charge in [0.05, 0.1) is 44.6 Å². The summed E-state index contributed by atoms with van der Waals surface area (Å²) in [7, 11) is 0. The third-order valence-corrected chi connectivity index (χ3v) is 3.20. The van der Waals surface area contributed by atoms with Crippen LogP contribution in [0.2, 0.25) is 0 Å². The molecule has 0 N–H and O–H groups in total. The first kappa shape index (κ1) is 12.3. The average molecular weight is 229 g/mol. The van der Waals surface area contributed by atoms with Crippen molar-refractivity contribution in [1.82, 2.24) is 4.90 Å². The summed E-state index contributed by atoms with van der Waals surface area (Å²) in [6.45, 7) is 11.6. The van der Waals surface area contributed by atoms with E-state index >= 15 is 0 Å². The van der Waals surface area contributed by atoms with Crippen molar-refractivity contribution in [1.29, 1.82) is 0 Å². The van der Waals surface area contributed by atoms with Crippen LogP contribution in [-0.4, -0.2) is 63.7 Å². The van der Waals surface area contributed by atoms with Gasteiger partial charge >= 0.3 is 0 Å². The summed E-state index contributed by atoms with van der Waals surface area (Å²) < 4.78 is 16.5. The van der Waals surface area contributed by atoms with Crippen LogP contribution in [-0.2, 0) is 14.2 Å². The second kappa shape index (κ2) is 5.45. The summed E-state index contributed by atoms with van der Waals surface area (Å²) in [6, 6.07) is 0. The topological polar surface area (TPSA) is 30.9 Å². The number of nitrogens with zero attached hydrogens (tertiary/aromatic N) is 1. The zero-order valence-electron chi connectivity index (χ0n) is 10.4. The van der Waals surface area contributed by atoms with Crippen molar-refractivity contribution in [3.63, 3.8) is 0 Å². The molecular formula is C12H23NO3. The third kappa shape index (κ3) is 3.17. The Kier molecular flexibility index (Phi) is 4.19. The summed E-state index contributed by atoms with van der Waals surface area (Å²) in [4.78, 5) is 2.47. The smallest absolute Gasteiger partial charge is 0.0594 e. The second-order valence-electron chi connectivity index (χ2n) is 5.24. The van der Waals surface area contributed by atoms with Crippen LogP contribution in [0, 0.1) is 5.41 Å². The predicted molar refractivity (Wildman–Crippen MR) is 61.6 cm³/mol. The largest absolute Gasteiger partial charge is 0.380 e. The van der Waals surface area contributed by atoms with Gasteiger partial charge in [-0.1, -0.05) is 0 Å². The van der Waals surface area contributed by atoms with Crippen molar-refractivity contribution < 1.29 is 14.2 Å². The molecule has 0 spiro atoms. The molecule has 0 amide bonds. The molecule has 2 heterocycles. The van der Waals surface area contributed by atoms with Crippen LogP contribution in [0.3, 0.4) is 0 Å². The Morgan fingerprint density at radius 2 is 1.88 bits per heavy atom. The van der Waals surface area contributed by atoms with Gasteiger partial charge in [-0.25, -0.2) is 0 Å². The fourth-order valence-corrected chi connectivity index (χ4v) is 2.19. The Labute approximate surface area is 97.8 Å². The van der Waals surface area contributed by atoms with E-state index in [2.05, 4.69) is 18.7 Å². The summed E-state index contributed by atoms with van der Waals surface area (Å²) in [5.74, 6) is 0. The highest BCUT2D eigenvalue weighted by molar-refractivity contribution is 4.89. The Morgan fingerprint density at radius 1 is 1.19 bits per heavy atom. The van der Waals surface area contributed by atoms with Crippen LogP contribution in [0.25, 0.3) is 0 Å². The lowest BCUT2D eigenvalue weighted by atomic mass is 9.86. The molecule has 0 saturated carbocycles. The maximum absolute atomic E-state index is 5.75. The third-order valence-electron chi connectivity index (χ3n) is 3.20. The highest BCUT2D eigenvalue weighted by Gasteiger charge is 2.40. The highest BCUT2D eigenvalue weighted by Crippen LogP contribution is 2.29. The monoisotopic (exact) mass is 229 g/mol. The fraction of sp³-hybridized carbons (Fsp3) is 1.00.